The van der Waals surface area contributed by atoms with Gasteiger partial charge < -0.3 is 5.32 Å². The SMILES string of the molecule is Cc1cc(F)cc2ccnc(N(C(=O)c3ccc(-c4n[nH]c(=O)s4)nc3F)[C@@H]3CCCNC3)c12. The first-order chi connectivity index (χ1) is 16.4. The molecule has 4 heterocycles. The van der Waals surface area contributed by atoms with E-state index in [4.69, 9.17) is 0 Å². The van der Waals surface area contributed by atoms with Crippen molar-refractivity contribution in [3.8, 4) is 10.7 Å². The number of aryl methyl sites for hydroxylation is 1. The molecular weight excluding hydrogens is 462 g/mol. The molecule has 1 saturated heterocycles. The van der Waals surface area contributed by atoms with Gasteiger partial charge in [0.1, 0.15) is 17.3 Å². The fourth-order valence-electron chi connectivity index (χ4n) is 4.31. The maximum absolute atomic E-state index is 15.1. The standard InChI is InChI=1S/C23H20F2N6O2S/c1-12-9-14(24)10-13-6-8-27-20(18(12)13)31(15-3-2-7-26-11-15)22(32)16-4-5-17(28-19(16)25)21-29-30-23(33)34-21/h4-6,8-10,15,26H,2-3,7,11H2,1H3,(H,30,33)/t15-/m1/s1. The largest absolute Gasteiger partial charge is 0.322 e. The number of anilines is 1. The number of H-pyrrole nitrogens is 1. The molecule has 1 aliphatic heterocycles. The van der Waals surface area contributed by atoms with Crippen molar-refractivity contribution >= 4 is 33.8 Å². The predicted octanol–water partition coefficient (Wildman–Crippen LogP) is 3.43. The second-order valence-electron chi connectivity index (χ2n) is 8.08. The number of piperidine rings is 1. The van der Waals surface area contributed by atoms with Gasteiger partial charge in [0.15, 0.2) is 5.01 Å². The minimum Gasteiger partial charge on any atom is -0.315 e. The Hall–Kier alpha value is -3.57. The van der Waals surface area contributed by atoms with E-state index in [-0.39, 0.29) is 33.0 Å². The second-order valence-corrected chi connectivity index (χ2v) is 9.05. The van der Waals surface area contributed by atoms with Gasteiger partial charge in [-0.15, -0.1) is 0 Å². The number of aromatic amines is 1. The summed E-state index contributed by atoms with van der Waals surface area (Å²) in [6, 6.07) is 6.98. The van der Waals surface area contributed by atoms with Crippen molar-refractivity contribution in [3.63, 3.8) is 0 Å². The van der Waals surface area contributed by atoms with Crippen LogP contribution in [0.25, 0.3) is 21.5 Å². The molecule has 4 aromatic rings. The highest BCUT2D eigenvalue weighted by Crippen LogP contribution is 2.32. The van der Waals surface area contributed by atoms with Crippen LogP contribution in [0, 0.1) is 18.7 Å². The summed E-state index contributed by atoms with van der Waals surface area (Å²) in [5, 5.41) is 10.8. The Bertz CT molecular complexity index is 1450. The molecule has 0 spiro atoms. The molecule has 0 radical (unpaired) electrons. The highest BCUT2D eigenvalue weighted by Gasteiger charge is 2.32. The summed E-state index contributed by atoms with van der Waals surface area (Å²) in [6.07, 6.45) is 3.06. The summed E-state index contributed by atoms with van der Waals surface area (Å²) in [5.74, 6) is -1.60. The fourth-order valence-corrected chi connectivity index (χ4v) is 4.89. The fraction of sp³-hybridized carbons (Fsp3) is 0.261. The zero-order valence-corrected chi connectivity index (χ0v) is 19.0. The van der Waals surface area contributed by atoms with E-state index in [9.17, 15) is 14.0 Å². The number of nitrogens with one attached hydrogen (secondary N) is 2. The third kappa shape index (κ3) is 4.08. The lowest BCUT2D eigenvalue weighted by Crippen LogP contribution is -2.49. The number of hydrogen-bond acceptors (Lipinski definition) is 7. The van der Waals surface area contributed by atoms with Crippen molar-refractivity contribution in [1.29, 1.82) is 0 Å². The van der Waals surface area contributed by atoms with Crippen molar-refractivity contribution < 1.29 is 13.6 Å². The summed E-state index contributed by atoms with van der Waals surface area (Å²) in [6.45, 7) is 3.09. The molecule has 11 heteroatoms. The summed E-state index contributed by atoms with van der Waals surface area (Å²) >= 11 is 0.798. The van der Waals surface area contributed by atoms with Crippen molar-refractivity contribution in [2.75, 3.05) is 18.0 Å². The molecule has 1 fully saturated rings. The number of aromatic nitrogens is 4. The van der Waals surface area contributed by atoms with Crippen LogP contribution in [0.15, 0.2) is 41.3 Å². The number of halogens is 2. The zero-order valence-electron chi connectivity index (χ0n) is 18.1. The number of fused-ring (bicyclic) bond motifs is 1. The third-order valence-corrected chi connectivity index (χ3v) is 6.60. The molecule has 1 aliphatic rings. The molecule has 1 atom stereocenters. The summed E-state index contributed by atoms with van der Waals surface area (Å²) < 4.78 is 29.2. The molecule has 0 unspecified atom stereocenters. The van der Waals surface area contributed by atoms with Crippen LogP contribution in [0.1, 0.15) is 28.8 Å². The molecule has 1 amide bonds. The van der Waals surface area contributed by atoms with Gasteiger partial charge in [-0.3, -0.25) is 14.5 Å². The Morgan fingerprint density at radius 2 is 2.09 bits per heavy atom. The summed E-state index contributed by atoms with van der Waals surface area (Å²) in [4.78, 5) is 34.6. The van der Waals surface area contributed by atoms with Crippen LogP contribution < -0.4 is 15.1 Å². The monoisotopic (exact) mass is 482 g/mol. The predicted molar refractivity (Wildman–Crippen MR) is 125 cm³/mol. The third-order valence-electron chi connectivity index (χ3n) is 5.82. The van der Waals surface area contributed by atoms with E-state index < -0.39 is 11.9 Å². The first kappa shape index (κ1) is 22.2. The van der Waals surface area contributed by atoms with E-state index in [1.54, 1.807) is 13.0 Å². The average Bonchev–Trinajstić information content (AvgIpc) is 3.26. The van der Waals surface area contributed by atoms with Gasteiger partial charge in [-0.1, -0.05) is 11.3 Å². The highest BCUT2D eigenvalue weighted by molar-refractivity contribution is 7.12. The molecule has 34 heavy (non-hydrogen) atoms. The Morgan fingerprint density at radius 3 is 2.79 bits per heavy atom. The lowest BCUT2D eigenvalue weighted by atomic mass is 10.0. The minimum absolute atomic E-state index is 0.151. The van der Waals surface area contributed by atoms with Gasteiger partial charge in [0.2, 0.25) is 5.95 Å². The molecular formula is C23H20F2N6O2S. The number of carbonyl (C=O) groups is 1. The molecule has 174 valence electrons. The molecule has 0 bridgehead atoms. The Morgan fingerprint density at radius 1 is 1.24 bits per heavy atom. The second kappa shape index (κ2) is 8.99. The van der Waals surface area contributed by atoms with E-state index in [2.05, 4.69) is 25.5 Å². The van der Waals surface area contributed by atoms with E-state index in [0.717, 1.165) is 24.3 Å². The molecule has 8 nitrogen and oxygen atoms in total. The van der Waals surface area contributed by atoms with Crippen molar-refractivity contribution in [2.45, 2.75) is 25.8 Å². The van der Waals surface area contributed by atoms with Crippen LogP contribution >= 0.6 is 11.3 Å². The van der Waals surface area contributed by atoms with E-state index in [0.29, 0.717) is 35.1 Å². The highest BCUT2D eigenvalue weighted by atomic mass is 32.1. The van der Waals surface area contributed by atoms with E-state index in [1.165, 1.54) is 35.4 Å². The average molecular weight is 483 g/mol. The van der Waals surface area contributed by atoms with Gasteiger partial charge in [0.25, 0.3) is 5.91 Å². The van der Waals surface area contributed by atoms with Gasteiger partial charge >= 0.3 is 4.87 Å². The van der Waals surface area contributed by atoms with Crippen molar-refractivity contribution in [1.82, 2.24) is 25.5 Å². The Balaban J connectivity index is 1.62. The van der Waals surface area contributed by atoms with Gasteiger partial charge in [0.05, 0.1) is 11.6 Å². The van der Waals surface area contributed by atoms with Gasteiger partial charge in [0, 0.05) is 18.1 Å². The normalized spacial score (nSPS) is 16.0. The maximum Gasteiger partial charge on any atom is 0.322 e. The van der Waals surface area contributed by atoms with E-state index in [1.807, 2.05) is 0 Å². The molecule has 0 aliphatic carbocycles. The molecule has 5 rings (SSSR count). The van der Waals surface area contributed by atoms with Crippen LogP contribution in [0.2, 0.25) is 0 Å². The number of nitrogens with zero attached hydrogens (tertiary/aromatic N) is 4. The van der Waals surface area contributed by atoms with Crippen molar-refractivity contribution in [2.24, 2.45) is 0 Å². The van der Waals surface area contributed by atoms with Crippen LogP contribution in [0.3, 0.4) is 0 Å². The van der Waals surface area contributed by atoms with Crippen LogP contribution in [0.5, 0.6) is 0 Å². The quantitative estimate of drug-likeness (QED) is 0.432. The Kier molecular flexibility index (Phi) is 5.88. The molecule has 1 aromatic carbocycles. The maximum atomic E-state index is 15.1. The topological polar surface area (TPSA) is 104 Å². The first-order valence-electron chi connectivity index (χ1n) is 10.7. The minimum atomic E-state index is -0.970. The number of amides is 1. The molecule has 2 N–H and O–H groups in total. The first-order valence-corrected chi connectivity index (χ1v) is 11.6. The number of hydrogen-bond donors (Lipinski definition) is 2. The van der Waals surface area contributed by atoms with Gasteiger partial charge in [-0.2, -0.15) is 9.49 Å². The smallest absolute Gasteiger partial charge is 0.315 e. The number of benzene rings is 1. The van der Waals surface area contributed by atoms with Gasteiger partial charge in [-0.05, 0) is 67.6 Å². The van der Waals surface area contributed by atoms with Crippen molar-refractivity contribution in [3.05, 3.63) is 69.1 Å². The van der Waals surface area contributed by atoms with Crippen LogP contribution in [-0.4, -0.2) is 45.2 Å². The molecule has 3 aromatic heterocycles. The van der Waals surface area contributed by atoms with Crippen LogP contribution in [-0.2, 0) is 0 Å². The lowest BCUT2D eigenvalue weighted by Gasteiger charge is -2.34. The summed E-state index contributed by atoms with van der Waals surface area (Å²) in [7, 11) is 0. The zero-order chi connectivity index (χ0) is 23.8. The number of rotatable bonds is 4. The lowest BCUT2D eigenvalue weighted by molar-refractivity contribution is 0.0967. The number of pyridine rings is 2. The summed E-state index contributed by atoms with van der Waals surface area (Å²) in [5.41, 5.74) is 0.552. The Labute approximate surface area is 196 Å². The van der Waals surface area contributed by atoms with Gasteiger partial charge in [-0.25, -0.2) is 19.5 Å². The van der Waals surface area contributed by atoms with E-state index >= 15 is 4.39 Å². The number of carbonyl (C=O) groups excluding carboxylic acids is 1. The van der Waals surface area contributed by atoms with Crippen LogP contribution in [0.4, 0.5) is 14.6 Å². The molecule has 0 saturated carbocycles.